The van der Waals surface area contributed by atoms with Crippen LogP contribution in [0.4, 0.5) is 5.69 Å². The first kappa shape index (κ1) is 9.22. The van der Waals surface area contributed by atoms with Gasteiger partial charge in [-0.05, 0) is 31.4 Å². The molecule has 1 fully saturated rings. The van der Waals surface area contributed by atoms with Gasteiger partial charge in [0.25, 0.3) is 0 Å². The van der Waals surface area contributed by atoms with Crippen LogP contribution in [0.5, 0.6) is 0 Å². The Morgan fingerprint density at radius 2 is 2.20 bits per heavy atom. The summed E-state index contributed by atoms with van der Waals surface area (Å²) < 4.78 is 5.26. The minimum Gasteiger partial charge on any atom is -0.373 e. The Kier molecular flexibility index (Phi) is 2.17. The molecule has 0 N–H and O–H groups in total. The highest BCUT2D eigenvalue weighted by atomic mass is 16.6. The van der Waals surface area contributed by atoms with Crippen molar-refractivity contribution in [2.45, 2.75) is 31.9 Å². The van der Waals surface area contributed by atoms with Crippen LogP contribution in [0.1, 0.15) is 18.9 Å². The maximum Gasteiger partial charge on any atom is 0.0826 e. The molecule has 0 aromatic heterocycles. The standard InChI is InChI=1S/C13H17NO/c1-10-8-11-4-2-3-5-13(11)14(10)7-6-12-9-15-12/h2-5,10,12H,6-9H2,1H3. The van der Waals surface area contributed by atoms with Gasteiger partial charge >= 0.3 is 0 Å². The number of hydrogen-bond donors (Lipinski definition) is 0. The first-order valence-electron chi connectivity index (χ1n) is 5.81. The number of benzene rings is 1. The van der Waals surface area contributed by atoms with Crippen LogP contribution in [0, 0.1) is 0 Å². The maximum atomic E-state index is 5.26. The summed E-state index contributed by atoms with van der Waals surface area (Å²) in [4.78, 5) is 2.52. The zero-order valence-corrected chi connectivity index (χ0v) is 9.15. The molecule has 0 saturated carbocycles. The average molecular weight is 203 g/mol. The van der Waals surface area contributed by atoms with Gasteiger partial charge in [-0.3, -0.25) is 0 Å². The lowest BCUT2D eigenvalue weighted by atomic mass is 10.1. The van der Waals surface area contributed by atoms with E-state index in [2.05, 4.69) is 36.1 Å². The van der Waals surface area contributed by atoms with Crippen LogP contribution in [0.25, 0.3) is 0 Å². The first-order valence-corrected chi connectivity index (χ1v) is 5.81. The lowest BCUT2D eigenvalue weighted by molar-refractivity contribution is 0.395. The van der Waals surface area contributed by atoms with Crippen LogP contribution in [0.2, 0.25) is 0 Å². The molecular weight excluding hydrogens is 186 g/mol. The Hall–Kier alpha value is -1.02. The summed E-state index contributed by atoms with van der Waals surface area (Å²) in [5.41, 5.74) is 2.94. The number of epoxide rings is 1. The van der Waals surface area contributed by atoms with E-state index in [9.17, 15) is 0 Å². The molecule has 1 saturated heterocycles. The summed E-state index contributed by atoms with van der Waals surface area (Å²) in [6, 6.07) is 9.42. The molecule has 2 heteroatoms. The van der Waals surface area contributed by atoms with Crippen LogP contribution in [0.15, 0.2) is 24.3 Å². The second kappa shape index (κ2) is 3.53. The number of fused-ring (bicyclic) bond motifs is 1. The van der Waals surface area contributed by atoms with Crippen molar-refractivity contribution in [1.82, 2.24) is 0 Å². The predicted octanol–water partition coefficient (Wildman–Crippen LogP) is 2.23. The molecule has 3 rings (SSSR count). The lowest BCUT2D eigenvalue weighted by Gasteiger charge is -2.24. The summed E-state index contributed by atoms with van der Waals surface area (Å²) in [7, 11) is 0. The van der Waals surface area contributed by atoms with E-state index in [4.69, 9.17) is 4.74 Å². The molecule has 0 radical (unpaired) electrons. The second-order valence-corrected chi connectivity index (χ2v) is 4.62. The third kappa shape index (κ3) is 1.74. The molecule has 0 aliphatic carbocycles. The molecular formula is C13H17NO. The minimum atomic E-state index is 0.546. The van der Waals surface area contributed by atoms with Crippen molar-refractivity contribution in [1.29, 1.82) is 0 Å². The van der Waals surface area contributed by atoms with E-state index in [1.165, 1.54) is 24.1 Å². The fraction of sp³-hybridized carbons (Fsp3) is 0.538. The molecule has 2 nitrogen and oxygen atoms in total. The van der Waals surface area contributed by atoms with Crippen LogP contribution < -0.4 is 4.90 Å². The molecule has 1 aromatic rings. The molecule has 15 heavy (non-hydrogen) atoms. The number of para-hydroxylation sites is 1. The minimum absolute atomic E-state index is 0.546. The lowest BCUT2D eigenvalue weighted by Crippen LogP contribution is -2.30. The molecule has 80 valence electrons. The monoisotopic (exact) mass is 203 g/mol. The molecule has 0 spiro atoms. The van der Waals surface area contributed by atoms with Crippen LogP contribution >= 0.6 is 0 Å². The van der Waals surface area contributed by atoms with Gasteiger partial charge in [-0.2, -0.15) is 0 Å². The molecule has 2 atom stereocenters. The average Bonchev–Trinajstić information content (AvgIpc) is 3.00. The Morgan fingerprint density at radius 1 is 1.40 bits per heavy atom. The van der Waals surface area contributed by atoms with E-state index in [-0.39, 0.29) is 0 Å². The van der Waals surface area contributed by atoms with Crippen molar-refractivity contribution < 1.29 is 4.74 Å². The Labute approximate surface area is 90.8 Å². The smallest absolute Gasteiger partial charge is 0.0826 e. The van der Waals surface area contributed by atoms with Gasteiger partial charge in [0.15, 0.2) is 0 Å². The highest BCUT2D eigenvalue weighted by Gasteiger charge is 2.28. The molecule has 1 aromatic carbocycles. The van der Waals surface area contributed by atoms with E-state index in [1.54, 1.807) is 0 Å². The van der Waals surface area contributed by atoms with Crippen molar-refractivity contribution >= 4 is 5.69 Å². The van der Waals surface area contributed by atoms with Crippen molar-refractivity contribution in [2.75, 3.05) is 18.1 Å². The highest BCUT2D eigenvalue weighted by Crippen LogP contribution is 2.32. The van der Waals surface area contributed by atoms with Crippen molar-refractivity contribution in [3.63, 3.8) is 0 Å². The Morgan fingerprint density at radius 3 is 3.00 bits per heavy atom. The fourth-order valence-corrected chi connectivity index (χ4v) is 2.49. The SMILES string of the molecule is CC1Cc2ccccc2N1CCC1CO1. The second-order valence-electron chi connectivity index (χ2n) is 4.62. The number of ether oxygens (including phenoxy) is 1. The third-order valence-electron chi connectivity index (χ3n) is 3.44. The summed E-state index contributed by atoms with van der Waals surface area (Å²) in [6.45, 7) is 4.43. The molecule has 0 amide bonds. The molecule has 2 aliphatic heterocycles. The van der Waals surface area contributed by atoms with E-state index < -0.39 is 0 Å². The van der Waals surface area contributed by atoms with Gasteiger partial charge in [0.1, 0.15) is 0 Å². The zero-order valence-electron chi connectivity index (χ0n) is 9.15. The van der Waals surface area contributed by atoms with E-state index >= 15 is 0 Å². The number of rotatable bonds is 3. The summed E-state index contributed by atoms with van der Waals surface area (Å²) in [5.74, 6) is 0. The van der Waals surface area contributed by atoms with Crippen LogP contribution in [-0.4, -0.2) is 25.3 Å². The Bertz CT molecular complexity index is 359. The molecule has 0 bridgehead atoms. The van der Waals surface area contributed by atoms with E-state index in [0.717, 1.165) is 13.2 Å². The number of anilines is 1. The topological polar surface area (TPSA) is 15.8 Å². The van der Waals surface area contributed by atoms with Gasteiger partial charge in [-0.25, -0.2) is 0 Å². The zero-order chi connectivity index (χ0) is 10.3. The predicted molar refractivity (Wildman–Crippen MR) is 61.3 cm³/mol. The van der Waals surface area contributed by atoms with Crippen LogP contribution in [0.3, 0.4) is 0 Å². The van der Waals surface area contributed by atoms with Crippen molar-refractivity contribution in [3.8, 4) is 0 Å². The third-order valence-corrected chi connectivity index (χ3v) is 3.44. The van der Waals surface area contributed by atoms with Crippen LogP contribution in [-0.2, 0) is 11.2 Å². The fourth-order valence-electron chi connectivity index (χ4n) is 2.49. The summed E-state index contributed by atoms with van der Waals surface area (Å²) in [5, 5.41) is 0. The largest absolute Gasteiger partial charge is 0.373 e. The van der Waals surface area contributed by atoms with Gasteiger partial charge in [0.05, 0.1) is 12.7 Å². The molecule has 2 heterocycles. The number of nitrogens with zero attached hydrogens (tertiary/aromatic N) is 1. The quantitative estimate of drug-likeness (QED) is 0.700. The van der Waals surface area contributed by atoms with Gasteiger partial charge < -0.3 is 9.64 Å². The molecule has 2 aliphatic rings. The van der Waals surface area contributed by atoms with E-state index in [0.29, 0.717) is 12.1 Å². The highest BCUT2D eigenvalue weighted by molar-refractivity contribution is 5.59. The number of hydrogen-bond acceptors (Lipinski definition) is 2. The normalized spacial score (nSPS) is 27.9. The van der Waals surface area contributed by atoms with Crippen molar-refractivity contribution in [3.05, 3.63) is 29.8 Å². The van der Waals surface area contributed by atoms with Gasteiger partial charge in [-0.1, -0.05) is 18.2 Å². The summed E-state index contributed by atoms with van der Waals surface area (Å²) >= 11 is 0. The summed E-state index contributed by atoms with van der Waals surface area (Å²) in [6.07, 6.45) is 2.92. The first-order chi connectivity index (χ1) is 7.34. The van der Waals surface area contributed by atoms with Crippen molar-refractivity contribution in [2.24, 2.45) is 0 Å². The van der Waals surface area contributed by atoms with Gasteiger partial charge in [-0.15, -0.1) is 0 Å². The molecule has 2 unspecified atom stereocenters. The van der Waals surface area contributed by atoms with Gasteiger partial charge in [0, 0.05) is 18.3 Å². The maximum absolute atomic E-state index is 5.26. The van der Waals surface area contributed by atoms with E-state index in [1.807, 2.05) is 0 Å². The Balaban J connectivity index is 1.75. The van der Waals surface area contributed by atoms with Gasteiger partial charge in [0.2, 0.25) is 0 Å².